The standard InChI is InChI=1S/C14H22N2O2/c1-3-16(13-7-5-4-6-8-13)10-14(18)15-9-12(2)11-17/h4-8,12,17H,3,9-11H2,1-2H3,(H,15,18). The third-order valence-corrected chi connectivity index (χ3v) is 2.80. The molecule has 0 aliphatic heterocycles. The van der Waals surface area contributed by atoms with E-state index < -0.39 is 0 Å². The van der Waals surface area contributed by atoms with Crippen LogP contribution in [0, 0.1) is 5.92 Å². The van der Waals surface area contributed by atoms with Crippen LogP contribution in [0.3, 0.4) is 0 Å². The number of hydrogen-bond donors (Lipinski definition) is 2. The third-order valence-electron chi connectivity index (χ3n) is 2.80. The van der Waals surface area contributed by atoms with Crippen LogP contribution in [0.5, 0.6) is 0 Å². The quantitative estimate of drug-likeness (QED) is 0.766. The second-order valence-electron chi connectivity index (χ2n) is 4.44. The number of carbonyl (C=O) groups excluding carboxylic acids is 1. The zero-order valence-electron chi connectivity index (χ0n) is 11.1. The molecule has 1 unspecified atom stereocenters. The van der Waals surface area contributed by atoms with Crippen molar-refractivity contribution >= 4 is 11.6 Å². The maximum absolute atomic E-state index is 11.8. The Morgan fingerprint density at radius 2 is 2.06 bits per heavy atom. The van der Waals surface area contributed by atoms with Gasteiger partial charge in [0.05, 0.1) is 6.54 Å². The largest absolute Gasteiger partial charge is 0.396 e. The molecule has 100 valence electrons. The molecule has 0 fully saturated rings. The van der Waals surface area contributed by atoms with Crippen molar-refractivity contribution in [3.63, 3.8) is 0 Å². The molecule has 0 heterocycles. The van der Waals surface area contributed by atoms with E-state index in [1.54, 1.807) is 0 Å². The predicted molar refractivity (Wildman–Crippen MR) is 73.6 cm³/mol. The summed E-state index contributed by atoms with van der Waals surface area (Å²) < 4.78 is 0. The first-order valence-corrected chi connectivity index (χ1v) is 6.35. The van der Waals surface area contributed by atoms with E-state index in [0.29, 0.717) is 13.1 Å². The number of carbonyl (C=O) groups is 1. The number of para-hydroxylation sites is 1. The van der Waals surface area contributed by atoms with E-state index in [1.807, 2.05) is 49.1 Å². The van der Waals surface area contributed by atoms with Crippen molar-refractivity contribution in [1.29, 1.82) is 0 Å². The summed E-state index contributed by atoms with van der Waals surface area (Å²) in [7, 11) is 0. The molecule has 4 heteroatoms. The van der Waals surface area contributed by atoms with E-state index in [4.69, 9.17) is 5.11 Å². The summed E-state index contributed by atoms with van der Waals surface area (Å²) >= 11 is 0. The summed E-state index contributed by atoms with van der Waals surface area (Å²) in [6, 6.07) is 9.87. The third kappa shape index (κ3) is 4.75. The molecule has 1 rings (SSSR count). The number of likely N-dealkylation sites (N-methyl/N-ethyl adjacent to an activating group) is 1. The number of amides is 1. The Kier molecular flexibility index (Phi) is 6.22. The first-order valence-electron chi connectivity index (χ1n) is 6.35. The van der Waals surface area contributed by atoms with Gasteiger partial charge in [-0.3, -0.25) is 4.79 Å². The summed E-state index contributed by atoms with van der Waals surface area (Å²) in [5, 5.41) is 11.7. The maximum atomic E-state index is 11.8. The van der Waals surface area contributed by atoms with Crippen LogP contribution >= 0.6 is 0 Å². The average Bonchev–Trinajstić information content (AvgIpc) is 2.43. The van der Waals surface area contributed by atoms with Crippen molar-refractivity contribution < 1.29 is 9.90 Å². The first kappa shape index (κ1) is 14.5. The van der Waals surface area contributed by atoms with Gasteiger partial charge >= 0.3 is 0 Å². The molecule has 1 aromatic rings. The van der Waals surface area contributed by atoms with E-state index in [9.17, 15) is 4.79 Å². The Bertz CT molecular complexity index is 354. The molecular formula is C14H22N2O2. The van der Waals surface area contributed by atoms with Crippen LogP contribution in [0.4, 0.5) is 5.69 Å². The summed E-state index contributed by atoms with van der Waals surface area (Å²) in [5.74, 6) is 0.0850. The molecule has 0 radical (unpaired) electrons. The van der Waals surface area contributed by atoms with Crippen molar-refractivity contribution in [1.82, 2.24) is 5.32 Å². The van der Waals surface area contributed by atoms with E-state index in [1.165, 1.54) is 0 Å². The number of rotatable bonds is 7. The van der Waals surface area contributed by atoms with Gasteiger partial charge < -0.3 is 15.3 Å². The molecule has 0 bridgehead atoms. The average molecular weight is 250 g/mol. The monoisotopic (exact) mass is 250 g/mol. The van der Waals surface area contributed by atoms with Crippen LogP contribution < -0.4 is 10.2 Å². The van der Waals surface area contributed by atoms with Crippen LogP contribution in [-0.4, -0.2) is 37.3 Å². The molecule has 1 aromatic carbocycles. The van der Waals surface area contributed by atoms with Gasteiger partial charge in [-0.25, -0.2) is 0 Å². The number of aliphatic hydroxyl groups excluding tert-OH is 1. The predicted octanol–water partition coefficient (Wildman–Crippen LogP) is 1.26. The minimum absolute atomic E-state index is 0.0130. The van der Waals surface area contributed by atoms with Gasteiger partial charge in [0, 0.05) is 25.4 Å². The minimum Gasteiger partial charge on any atom is -0.396 e. The number of nitrogens with one attached hydrogen (secondary N) is 1. The lowest BCUT2D eigenvalue weighted by Gasteiger charge is -2.22. The van der Waals surface area contributed by atoms with Gasteiger partial charge in [-0.1, -0.05) is 25.1 Å². The minimum atomic E-state index is -0.0130. The molecule has 0 aliphatic carbocycles. The fourth-order valence-electron chi connectivity index (χ4n) is 1.61. The van der Waals surface area contributed by atoms with Crippen molar-refractivity contribution in [2.24, 2.45) is 5.92 Å². The van der Waals surface area contributed by atoms with Crippen LogP contribution in [0.2, 0.25) is 0 Å². The molecule has 0 saturated heterocycles. The van der Waals surface area contributed by atoms with Crippen LogP contribution in [0.25, 0.3) is 0 Å². The molecule has 2 N–H and O–H groups in total. The second kappa shape index (κ2) is 7.71. The first-order chi connectivity index (χ1) is 8.67. The summed E-state index contributed by atoms with van der Waals surface area (Å²) in [6.07, 6.45) is 0. The van der Waals surface area contributed by atoms with Gasteiger partial charge in [0.15, 0.2) is 0 Å². The summed E-state index contributed by atoms with van der Waals surface area (Å²) in [6.45, 7) is 5.66. The van der Waals surface area contributed by atoms with Gasteiger partial charge in [-0.15, -0.1) is 0 Å². The number of hydrogen-bond acceptors (Lipinski definition) is 3. The van der Waals surface area contributed by atoms with E-state index >= 15 is 0 Å². The molecule has 0 aromatic heterocycles. The number of anilines is 1. The molecule has 0 saturated carbocycles. The Labute approximate surface area is 109 Å². The van der Waals surface area contributed by atoms with Crippen molar-refractivity contribution in [2.45, 2.75) is 13.8 Å². The SMILES string of the molecule is CCN(CC(=O)NCC(C)CO)c1ccccc1. The van der Waals surface area contributed by atoms with Crippen molar-refractivity contribution in [3.05, 3.63) is 30.3 Å². The lowest BCUT2D eigenvalue weighted by molar-refractivity contribution is -0.120. The highest BCUT2D eigenvalue weighted by Crippen LogP contribution is 2.11. The number of benzene rings is 1. The highest BCUT2D eigenvalue weighted by Gasteiger charge is 2.10. The van der Waals surface area contributed by atoms with E-state index in [0.717, 1.165) is 12.2 Å². The topological polar surface area (TPSA) is 52.6 Å². The number of aliphatic hydroxyl groups is 1. The Morgan fingerprint density at radius 1 is 1.39 bits per heavy atom. The maximum Gasteiger partial charge on any atom is 0.239 e. The lowest BCUT2D eigenvalue weighted by Crippen LogP contribution is -2.39. The van der Waals surface area contributed by atoms with Crippen molar-refractivity contribution in [3.8, 4) is 0 Å². The lowest BCUT2D eigenvalue weighted by atomic mass is 10.2. The van der Waals surface area contributed by atoms with Gasteiger partial charge in [0.1, 0.15) is 0 Å². The Hall–Kier alpha value is -1.55. The van der Waals surface area contributed by atoms with Gasteiger partial charge in [-0.05, 0) is 25.0 Å². The molecule has 0 aliphatic rings. The van der Waals surface area contributed by atoms with E-state index in [2.05, 4.69) is 5.32 Å². The highest BCUT2D eigenvalue weighted by atomic mass is 16.3. The van der Waals surface area contributed by atoms with Gasteiger partial charge in [0.25, 0.3) is 0 Å². The fourth-order valence-corrected chi connectivity index (χ4v) is 1.61. The van der Waals surface area contributed by atoms with Gasteiger partial charge in [0.2, 0.25) is 5.91 Å². The van der Waals surface area contributed by atoms with E-state index in [-0.39, 0.29) is 18.4 Å². The van der Waals surface area contributed by atoms with Crippen LogP contribution in [0.15, 0.2) is 30.3 Å². The zero-order valence-corrected chi connectivity index (χ0v) is 11.1. The highest BCUT2D eigenvalue weighted by molar-refractivity contribution is 5.81. The van der Waals surface area contributed by atoms with Gasteiger partial charge in [-0.2, -0.15) is 0 Å². The normalized spacial score (nSPS) is 11.9. The molecule has 4 nitrogen and oxygen atoms in total. The smallest absolute Gasteiger partial charge is 0.239 e. The Balaban J connectivity index is 2.46. The van der Waals surface area contributed by atoms with Crippen LogP contribution in [-0.2, 0) is 4.79 Å². The molecular weight excluding hydrogens is 228 g/mol. The number of nitrogens with zero attached hydrogens (tertiary/aromatic N) is 1. The zero-order chi connectivity index (χ0) is 13.4. The summed E-state index contributed by atoms with van der Waals surface area (Å²) in [5.41, 5.74) is 1.05. The van der Waals surface area contributed by atoms with Crippen molar-refractivity contribution in [2.75, 3.05) is 31.1 Å². The molecule has 0 spiro atoms. The Morgan fingerprint density at radius 3 is 2.61 bits per heavy atom. The second-order valence-corrected chi connectivity index (χ2v) is 4.44. The molecule has 1 amide bonds. The molecule has 18 heavy (non-hydrogen) atoms. The summed E-state index contributed by atoms with van der Waals surface area (Å²) in [4.78, 5) is 13.8. The van der Waals surface area contributed by atoms with Crippen LogP contribution in [0.1, 0.15) is 13.8 Å². The molecule has 1 atom stereocenters. The fraction of sp³-hybridized carbons (Fsp3) is 0.500.